The van der Waals surface area contributed by atoms with Crippen molar-refractivity contribution >= 4 is 15.9 Å². The Morgan fingerprint density at radius 3 is 2.52 bits per heavy atom. The van der Waals surface area contributed by atoms with Crippen LogP contribution in [0.1, 0.15) is 38.3 Å². The number of likely N-dealkylation sites (N-methyl/N-ethyl adjacent to an activating group) is 1. The third-order valence-corrected chi connectivity index (χ3v) is 5.01. The molecule has 2 rings (SSSR count). The molecule has 0 amide bonds. The highest BCUT2D eigenvalue weighted by molar-refractivity contribution is 9.10. The predicted octanol–water partition coefficient (Wildman–Crippen LogP) is 3.25. The van der Waals surface area contributed by atoms with E-state index in [0.717, 1.165) is 17.6 Å². The molecule has 1 fully saturated rings. The Morgan fingerprint density at radius 1 is 1.29 bits per heavy atom. The van der Waals surface area contributed by atoms with Gasteiger partial charge in [-0.15, -0.1) is 0 Å². The second kappa shape index (κ2) is 7.73. The molecule has 21 heavy (non-hydrogen) atoms. The van der Waals surface area contributed by atoms with Gasteiger partial charge in [-0.25, -0.2) is 0 Å². The molecule has 3 atom stereocenters. The van der Waals surface area contributed by atoms with Gasteiger partial charge in [0, 0.05) is 35.7 Å². The van der Waals surface area contributed by atoms with Crippen LogP contribution in [0.5, 0.6) is 0 Å². The summed E-state index contributed by atoms with van der Waals surface area (Å²) in [6, 6.07) is 9.67. The molecule has 2 N–H and O–H groups in total. The van der Waals surface area contributed by atoms with Gasteiger partial charge in [-0.2, -0.15) is 0 Å². The predicted molar refractivity (Wildman–Crippen MR) is 93.4 cm³/mol. The summed E-state index contributed by atoms with van der Waals surface area (Å²) in [7, 11) is 2.23. The van der Waals surface area contributed by atoms with Crippen molar-refractivity contribution in [1.82, 2.24) is 9.80 Å². The fraction of sp³-hybridized carbons (Fsp3) is 0.647. The lowest BCUT2D eigenvalue weighted by Gasteiger charge is -2.39. The summed E-state index contributed by atoms with van der Waals surface area (Å²) in [5, 5.41) is 0. The first-order chi connectivity index (χ1) is 10.0. The molecule has 118 valence electrons. The van der Waals surface area contributed by atoms with E-state index in [4.69, 9.17) is 5.73 Å². The summed E-state index contributed by atoms with van der Waals surface area (Å²) in [4.78, 5) is 5.09. The van der Waals surface area contributed by atoms with E-state index >= 15 is 0 Å². The summed E-state index contributed by atoms with van der Waals surface area (Å²) >= 11 is 3.52. The highest BCUT2D eigenvalue weighted by Crippen LogP contribution is 2.29. The molecule has 1 aliphatic heterocycles. The summed E-state index contributed by atoms with van der Waals surface area (Å²) in [5.41, 5.74) is 7.70. The van der Waals surface area contributed by atoms with Crippen LogP contribution >= 0.6 is 15.9 Å². The maximum atomic E-state index is 6.37. The first-order valence-corrected chi connectivity index (χ1v) is 8.77. The molecule has 0 radical (unpaired) electrons. The maximum Gasteiger partial charge on any atom is 0.0499 e. The minimum atomic E-state index is 0.128. The Bertz CT molecular complexity index is 432. The molecule has 4 heteroatoms. The molecule has 3 unspecified atom stereocenters. The quantitative estimate of drug-likeness (QED) is 0.901. The van der Waals surface area contributed by atoms with Crippen LogP contribution in [0.3, 0.4) is 0 Å². The monoisotopic (exact) mass is 353 g/mol. The van der Waals surface area contributed by atoms with Crippen molar-refractivity contribution in [2.45, 2.75) is 44.8 Å². The van der Waals surface area contributed by atoms with Crippen molar-refractivity contribution in [3.63, 3.8) is 0 Å². The van der Waals surface area contributed by atoms with Gasteiger partial charge in [-0.3, -0.25) is 4.90 Å². The SMILES string of the molecule is CCC1CN(C)CCCN1C(c1ccc(Br)cc1)C(C)N. The zero-order valence-electron chi connectivity index (χ0n) is 13.4. The minimum Gasteiger partial charge on any atom is -0.326 e. The van der Waals surface area contributed by atoms with Gasteiger partial charge in [0.2, 0.25) is 0 Å². The third-order valence-electron chi connectivity index (χ3n) is 4.49. The van der Waals surface area contributed by atoms with Crippen molar-refractivity contribution in [3.8, 4) is 0 Å². The number of nitrogens with zero attached hydrogens (tertiary/aromatic N) is 2. The van der Waals surface area contributed by atoms with Crippen molar-refractivity contribution in [2.24, 2.45) is 5.73 Å². The van der Waals surface area contributed by atoms with Crippen molar-refractivity contribution in [2.75, 3.05) is 26.7 Å². The van der Waals surface area contributed by atoms with Gasteiger partial charge in [-0.1, -0.05) is 35.0 Å². The number of halogens is 1. The minimum absolute atomic E-state index is 0.128. The fourth-order valence-electron chi connectivity index (χ4n) is 3.45. The molecule has 0 saturated carbocycles. The van der Waals surface area contributed by atoms with Crippen LogP contribution in [0.25, 0.3) is 0 Å². The standard InChI is InChI=1S/C17H28BrN3/c1-4-16-12-20(3)10-5-11-21(16)17(13(2)19)14-6-8-15(18)9-7-14/h6-9,13,16-17H,4-5,10-12,19H2,1-3H3. The largest absolute Gasteiger partial charge is 0.326 e. The summed E-state index contributed by atoms with van der Waals surface area (Å²) in [5.74, 6) is 0. The van der Waals surface area contributed by atoms with Crippen LogP contribution in [-0.2, 0) is 0 Å². The van der Waals surface area contributed by atoms with E-state index in [1.54, 1.807) is 0 Å². The molecule has 0 spiro atoms. The van der Waals surface area contributed by atoms with Gasteiger partial charge in [0.1, 0.15) is 0 Å². The molecule has 1 aliphatic rings. The average molecular weight is 354 g/mol. The van der Waals surface area contributed by atoms with Crippen LogP contribution in [0.15, 0.2) is 28.7 Å². The fourth-order valence-corrected chi connectivity index (χ4v) is 3.71. The smallest absolute Gasteiger partial charge is 0.0499 e. The maximum absolute atomic E-state index is 6.37. The molecule has 1 aromatic rings. The first kappa shape index (κ1) is 16.9. The van der Waals surface area contributed by atoms with Gasteiger partial charge in [-0.05, 0) is 51.1 Å². The van der Waals surface area contributed by atoms with E-state index in [9.17, 15) is 0 Å². The van der Waals surface area contributed by atoms with Crippen molar-refractivity contribution in [1.29, 1.82) is 0 Å². The van der Waals surface area contributed by atoms with E-state index in [-0.39, 0.29) is 6.04 Å². The Hall–Kier alpha value is -0.420. The van der Waals surface area contributed by atoms with Crippen molar-refractivity contribution in [3.05, 3.63) is 34.3 Å². The molecule has 1 heterocycles. The van der Waals surface area contributed by atoms with E-state index in [1.807, 2.05) is 0 Å². The van der Waals surface area contributed by atoms with Crippen LogP contribution in [-0.4, -0.2) is 48.6 Å². The van der Waals surface area contributed by atoms with Crippen LogP contribution in [0, 0.1) is 0 Å². The topological polar surface area (TPSA) is 32.5 Å². The van der Waals surface area contributed by atoms with E-state index < -0.39 is 0 Å². The number of rotatable bonds is 4. The first-order valence-electron chi connectivity index (χ1n) is 7.98. The molecule has 0 aromatic heterocycles. The third kappa shape index (κ3) is 4.28. The van der Waals surface area contributed by atoms with Crippen LogP contribution < -0.4 is 5.73 Å². The van der Waals surface area contributed by atoms with E-state index in [1.165, 1.54) is 24.9 Å². The number of hydrogen-bond acceptors (Lipinski definition) is 3. The second-order valence-electron chi connectivity index (χ2n) is 6.27. The second-order valence-corrected chi connectivity index (χ2v) is 7.19. The molecular formula is C17H28BrN3. The normalized spacial score (nSPS) is 24.5. The zero-order chi connectivity index (χ0) is 15.4. The van der Waals surface area contributed by atoms with Gasteiger partial charge in [0.05, 0.1) is 0 Å². The summed E-state index contributed by atoms with van der Waals surface area (Å²) < 4.78 is 1.12. The van der Waals surface area contributed by atoms with Gasteiger partial charge in [0.15, 0.2) is 0 Å². The molecule has 3 nitrogen and oxygen atoms in total. The van der Waals surface area contributed by atoms with E-state index in [2.05, 4.69) is 70.9 Å². The number of benzene rings is 1. The lowest BCUT2D eigenvalue weighted by molar-refractivity contribution is 0.113. The summed E-state index contributed by atoms with van der Waals surface area (Å²) in [6.07, 6.45) is 2.39. The van der Waals surface area contributed by atoms with Crippen LogP contribution in [0.4, 0.5) is 0 Å². The molecular weight excluding hydrogens is 326 g/mol. The Labute approximate surface area is 137 Å². The van der Waals surface area contributed by atoms with Crippen LogP contribution in [0.2, 0.25) is 0 Å². The highest BCUT2D eigenvalue weighted by Gasteiger charge is 2.31. The lowest BCUT2D eigenvalue weighted by Crippen LogP contribution is -2.47. The Balaban J connectivity index is 2.29. The van der Waals surface area contributed by atoms with Crippen molar-refractivity contribution < 1.29 is 0 Å². The molecule has 1 saturated heterocycles. The lowest BCUT2D eigenvalue weighted by atomic mass is 9.96. The van der Waals surface area contributed by atoms with Gasteiger partial charge in [0.25, 0.3) is 0 Å². The average Bonchev–Trinajstić information content (AvgIpc) is 2.63. The zero-order valence-corrected chi connectivity index (χ0v) is 15.0. The molecule has 0 bridgehead atoms. The molecule has 0 aliphatic carbocycles. The van der Waals surface area contributed by atoms with Gasteiger partial charge < -0.3 is 10.6 Å². The van der Waals surface area contributed by atoms with E-state index in [0.29, 0.717) is 12.1 Å². The Morgan fingerprint density at radius 2 is 1.95 bits per heavy atom. The number of hydrogen-bond donors (Lipinski definition) is 1. The summed E-state index contributed by atoms with van der Waals surface area (Å²) in [6.45, 7) is 7.87. The number of nitrogens with two attached hydrogens (primary N) is 1. The highest BCUT2D eigenvalue weighted by atomic mass is 79.9. The molecule has 1 aromatic carbocycles. The Kier molecular flexibility index (Phi) is 6.23. The van der Waals surface area contributed by atoms with Gasteiger partial charge >= 0.3 is 0 Å².